The SMILES string of the molecule is COc1cc2c(cc1F)[nH]c(=S)n2CCOCC(F)F. The smallest absolute Gasteiger partial charge is 0.261 e. The molecule has 0 spiro atoms. The first-order valence-corrected chi connectivity index (χ1v) is 6.25. The van der Waals surface area contributed by atoms with Crippen LogP contribution in [0.2, 0.25) is 0 Å². The maximum Gasteiger partial charge on any atom is 0.261 e. The molecular formula is C12H13F3N2O2S. The number of hydrogen-bond acceptors (Lipinski definition) is 3. The zero-order valence-electron chi connectivity index (χ0n) is 10.7. The van der Waals surface area contributed by atoms with Gasteiger partial charge in [-0.1, -0.05) is 0 Å². The lowest BCUT2D eigenvalue weighted by molar-refractivity contribution is 0.0149. The molecule has 0 atom stereocenters. The summed E-state index contributed by atoms with van der Waals surface area (Å²) in [6, 6.07) is 2.78. The second-order valence-electron chi connectivity index (χ2n) is 4.05. The Hall–Kier alpha value is -1.54. The lowest BCUT2D eigenvalue weighted by atomic mass is 10.3. The van der Waals surface area contributed by atoms with Crippen molar-refractivity contribution in [1.82, 2.24) is 9.55 Å². The fraction of sp³-hybridized carbons (Fsp3) is 0.417. The van der Waals surface area contributed by atoms with Crippen LogP contribution in [-0.4, -0.2) is 36.3 Å². The highest BCUT2D eigenvalue weighted by atomic mass is 32.1. The molecule has 2 aromatic rings. The highest BCUT2D eigenvalue weighted by Gasteiger charge is 2.11. The molecule has 8 heteroatoms. The predicted molar refractivity (Wildman–Crippen MR) is 70.5 cm³/mol. The summed E-state index contributed by atoms with van der Waals surface area (Å²) in [4.78, 5) is 2.85. The van der Waals surface area contributed by atoms with E-state index >= 15 is 0 Å². The summed E-state index contributed by atoms with van der Waals surface area (Å²) in [5.74, 6) is -0.411. The first-order valence-electron chi connectivity index (χ1n) is 5.85. The predicted octanol–water partition coefficient (Wildman–Crippen LogP) is 3.13. The molecule has 1 aromatic carbocycles. The number of aromatic nitrogens is 2. The molecule has 0 unspecified atom stereocenters. The summed E-state index contributed by atoms with van der Waals surface area (Å²) >= 11 is 5.12. The molecule has 0 amide bonds. The van der Waals surface area contributed by atoms with Crippen LogP contribution in [0.4, 0.5) is 13.2 Å². The quantitative estimate of drug-likeness (QED) is 0.658. The third kappa shape index (κ3) is 3.13. The van der Waals surface area contributed by atoms with Crippen molar-refractivity contribution >= 4 is 23.3 Å². The third-order valence-corrected chi connectivity index (χ3v) is 3.07. The molecule has 4 nitrogen and oxygen atoms in total. The van der Waals surface area contributed by atoms with E-state index in [0.717, 1.165) is 0 Å². The number of hydrogen-bond donors (Lipinski definition) is 1. The second-order valence-corrected chi connectivity index (χ2v) is 4.44. The van der Waals surface area contributed by atoms with E-state index in [9.17, 15) is 13.2 Å². The summed E-state index contributed by atoms with van der Waals surface area (Å²) in [5, 5.41) is 0. The lowest BCUT2D eigenvalue weighted by Gasteiger charge is -2.07. The zero-order chi connectivity index (χ0) is 14.7. The van der Waals surface area contributed by atoms with Crippen molar-refractivity contribution in [3.8, 4) is 5.75 Å². The average Bonchev–Trinajstić information content (AvgIpc) is 2.68. The van der Waals surface area contributed by atoms with Crippen LogP contribution < -0.4 is 4.74 Å². The molecule has 0 radical (unpaired) electrons. The number of methoxy groups -OCH3 is 1. The van der Waals surface area contributed by atoms with Crippen LogP contribution in [-0.2, 0) is 11.3 Å². The number of nitrogens with zero attached hydrogens (tertiary/aromatic N) is 1. The van der Waals surface area contributed by atoms with Gasteiger partial charge in [0.1, 0.15) is 6.61 Å². The lowest BCUT2D eigenvalue weighted by Crippen LogP contribution is -2.10. The van der Waals surface area contributed by atoms with Crippen molar-refractivity contribution < 1.29 is 22.6 Å². The van der Waals surface area contributed by atoms with Crippen LogP contribution >= 0.6 is 12.2 Å². The van der Waals surface area contributed by atoms with Gasteiger partial charge >= 0.3 is 0 Å². The van der Waals surface area contributed by atoms with Crippen molar-refractivity contribution in [2.75, 3.05) is 20.3 Å². The number of nitrogens with one attached hydrogen (secondary N) is 1. The molecule has 1 aromatic heterocycles. The fourth-order valence-electron chi connectivity index (χ4n) is 1.86. The molecule has 0 bridgehead atoms. The molecule has 110 valence electrons. The normalized spacial score (nSPS) is 11.4. The van der Waals surface area contributed by atoms with Gasteiger partial charge in [0.2, 0.25) is 0 Å². The Bertz CT molecular complexity index is 654. The highest BCUT2D eigenvalue weighted by Crippen LogP contribution is 2.24. The minimum Gasteiger partial charge on any atom is -0.494 e. The molecule has 2 rings (SSSR count). The number of benzene rings is 1. The van der Waals surface area contributed by atoms with E-state index in [4.69, 9.17) is 21.7 Å². The van der Waals surface area contributed by atoms with Gasteiger partial charge < -0.3 is 19.0 Å². The Morgan fingerprint density at radius 1 is 1.40 bits per heavy atom. The van der Waals surface area contributed by atoms with Crippen LogP contribution in [0.5, 0.6) is 5.75 Å². The van der Waals surface area contributed by atoms with E-state index in [1.165, 1.54) is 19.2 Å². The van der Waals surface area contributed by atoms with E-state index in [0.29, 0.717) is 22.3 Å². The Morgan fingerprint density at radius 2 is 2.15 bits per heavy atom. The second kappa shape index (κ2) is 6.27. The minimum atomic E-state index is -2.50. The number of rotatable bonds is 6. The number of imidazole rings is 1. The zero-order valence-corrected chi connectivity index (χ0v) is 11.5. The van der Waals surface area contributed by atoms with E-state index in [2.05, 4.69) is 4.98 Å². The summed E-state index contributed by atoms with van der Waals surface area (Å²) in [7, 11) is 1.36. The van der Waals surface area contributed by atoms with Gasteiger partial charge in [-0.2, -0.15) is 0 Å². The molecule has 1 N–H and O–H groups in total. The van der Waals surface area contributed by atoms with Crippen molar-refractivity contribution in [1.29, 1.82) is 0 Å². The monoisotopic (exact) mass is 306 g/mol. The Labute approximate surface area is 118 Å². The molecule has 20 heavy (non-hydrogen) atoms. The van der Waals surface area contributed by atoms with Gasteiger partial charge in [0, 0.05) is 18.7 Å². The van der Waals surface area contributed by atoms with Crippen LogP contribution in [0.25, 0.3) is 11.0 Å². The van der Waals surface area contributed by atoms with Gasteiger partial charge in [-0.25, -0.2) is 13.2 Å². The molecule has 0 saturated carbocycles. The van der Waals surface area contributed by atoms with Crippen molar-refractivity contribution in [2.45, 2.75) is 13.0 Å². The summed E-state index contributed by atoms with van der Waals surface area (Å²) in [6.07, 6.45) is -2.50. The van der Waals surface area contributed by atoms with Crippen molar-refractivity contribution in [3.05, 3.63) is 22.7 Å². The highest BCUT2D eigenvalue weighted by molar-refractivity contribution is 7.71. The topological polar surface area (TPSA) is 39.2 Å². The molecular weight excluding hydrogens is 293 g/mol. The number of halogens is 3. The van der Waals surface area contributed by atoms with Gasteiger partial charge in [0.25, 0.3) is 6.43 Å². The molecule has 0 fully saturated rings. The minimum absolute atomic E-state index is 0.0886. The van der Waals surface area contributed by atoms with E-state index in [1.807, 2.05) is 0 Å². The molecule has 0 saturated heterocycles. The van der Waals surface area contributed by atoms with Crippen molar-refractivity contribution in [3.63, 3.8) is 0 Å². The third-order valence-electron chi connectivity index (χ3n) is 2.75. The molecule has 0 aliphatic heterocycles. The number of H-pyrrole nitrogens is 1. The number of ether oxygens (including phenoxy) is 2. The number of fused-ring (bicyclic) bond motifs is 1. The summed E-state index contributed by atoms with van der Waals surface area (Å²) in [5.41, 5.74) is 1.15. The summed E-state index contributed by atoms with van der Waals surface area (Å²) < 4.78 is 49.2. The Morgan fingerprint density at radius 3 is 2.80 bits per heavy atom. The molecule has 0 aliphatic rings. The van der Waals surface area contributed by atoms with Gasteiger partial charge in [0.05, 0.1) is 24.8 Å². The van der Waals surface area contributed by atoms with E-state index < -0.39 is 18.8 Å². The number of alkyl halides is 2. The Balaban J connectivity index is 2.24. The maximum absolute atomic E-state index is 13.6. The molecule has 0 aliphatic carbocycles. The Kier molecular flexibility index (Phi) is 4.66. The van der Waals surface area contributed by atoms with Crippen LogP contribution in [0.3, 0.4) is 0 Å². The van der Waals surface area contributed by atoms with E-state index in [1.54, 1.807) is 4.57 Å². The van der Waals surface area contributed by atoms with Gasteiger partial charge in [0.15, 0.2) is 16.3 Å². The van der Waals surface area contributed by atoms with Gasteiger partial charge in [-0.3, -0.25) is 0 Å². The number of aromatic amines is 1. The fourth-order valence-corrected chi connectivity index (χ4v) is 2.16. The van der Waals surface area contributed by atoms with Crippen molar-refractivity contribution in [2.24, 2.45) is 0 Å². The van der Waals surface area contributed by atoms with Crippen LogP contribution in [0.15, 0.2) is 12.1 Å². The van der Waals surface area contributed by atoms with E-state index in [-0.39, 0.29) is 12.4 Å². The first-order chi connectivity index (χ1) is 9.52. The first kappa shape index (κ1) is 14.9. The van der Waals surface area contributed by atoms with Crippen LogP contribution in [0.1, 0.15) is 0 Å². The van der Waals surface area contributed by atoms with Gasteiger partial charge in [-0.05, 0) is 12.2 Å². The van der Waals surface area contributed by atoms with Crippen LogP contribution in [0, 0.1) is 10.6 Å². The summed E-state index contributed by atoms with van der Waals surface area (Å²) in [6.45, 7) is -0.237. The largest absolute Gasteiger partial charge is 0.494 e. The average molecular weight is 306 g/mol. The molecule has 1 heterocycles. The maximum atomic E-state index is 13.6. The van der Waals surface area contributed by atoms with Gasteiger partial charge in [-0.15, -0.1) is 0 Å². The standard InChI is InChI=1S/C12H13F3N2O2S/c1-18-10-5-9-8(4-7(10)13)16-12(20)17(9)2-3-19-6-11(14)15/h4-5,11H,2-3,6H2,1H3,(H,16,20).